The van der Waals surface area contributed by atoms with Crippen LogP contribution in [-0.2, 0) is 16.0 Å². The van der Waals surface area contributed by atoms with Gasteiger partial charge in [-0.3, -0.25) is 19.4 Å². The zero-order valence-electron chi connectivity index (χ0n) is 17.7. The summed E-state index contributed by atoms with van der Waals surface area (Å²) in [5, 5.41) is 5.08. The number of thiophene rings is 1. The van der Waals surface area contributed by atoms with E-state index in [1.54, 1.807) is 30.1 Å². The van der Waals surface area contributed by atoms with Crippen molar-refractivity contribution in [3.8, 4) is 0 Å². The van der Waals surface area contributed by atoms with E-state index < -0.39 is 5.54 Å². The molecule has 6 heteroatoms. The van der Waals surface area contributed by atoms with Crippen LogP contribution in [0.4, 0.5) is 11.4 Å². The van der Waals surface area contributed by atoms with Crippen LogP contribution in [0.2, 0.25) is 0 Å². The highest BCUT2D eigenvalue weighted by Crippen LogP contribution is 2.40. The van der Waals surface area contributed by atoms with Crippen molar-refractivity contribution < 1.29 is 9.59 Å². The molecule has 3 heterocycles. The molecule has 5 nitrogen and oxygen atoms in total. The molecule has 1 N–H and O–H groups in total. The first-order valence-electron chi connectivity index (χ1n) is 10.6. The van der Waals surface area contributed by atoms with Gasteiger partial charge in [-0.25, -0.2) is 0 Å². The van der Waals surface area contributed by atoms with E-state index in [2.05, 4.69) is 33.8 Å². The van der Waals surface area contributed by atoms with Crippen LogP contribution < -0.4 is 10.2 Å². The molecular formula is C25H25N3O2S. The lowest BCUT2D eigenvalue weighted by molar-refractivity contribution is -0.127. The largest absolute Gasteiger partial charge is 0.322 e. The lowest BCUT2D eigenvalue weighted by Gasteiger charge is -2.44. The summed E-state index contributed by atoms with van der Waals surface area (Å²) in [5.41, 5.74) is 2.94. The number of benzene rings is 2. The molecule has 0 bridgehead atoms. The molecule has 0 fully saturated rings. The number of hydrogen-bond donors (Lipinski definition) is 1. The van der Waals surface area contributed by atoms with Gasteiger partial charge >= 0.3 is 0 Å². The van der Waals surface area contributed by atoms with Gasteiger partial charge in [-0.15, -0.1) is 11.3 Å². The van der Waals surface area contributed by atoms with E-state index >= 15 is 0 Å². The number of rotatable bonds is 3. The lowest BCUT2D eigenvalue weighted by Crippen LogP contribution is -2.60. The molecular weight excluding hydrogens is 406 g/mol. The van der Waals surface area contributed by atoms with Crippen LogP contribution in [0.1, 0.15) is 35.9 Å². The normalized spacial score (nSPS) is 20.0. The van der Waals surface area contributed by atoms with E-state index in [-0.39, 0.29) is 24.4 Å². The van der Waals surface area contributed by atoms with E-state index in [1.165, 1.54) is 16.0 Å². The molecule has 5 rings (SSSR count). The smallest absolute Gasteiger partial charge is 0.250 e. The Morgan fingerprint density at radius 3 is 2.65 bits per heavy atom. The summed E-state index contributed by atoms with van der Waals surface area (Å²) in [4.78, 5) is 31.8. The second-order valence-corrected chi connectivity index (χ2v) is 9.59. The minimum atomic E-state index is -0.961. The molecule has 2 aliphatic heterocycles. The highest BCUT2D eigenvalue weighted by Gasteiger charge is 2.44. The van der Waals surface area contributed by atoms with Gasteiger partial charge in [0.25, 0.3) is 0 Å². The monoisotopic (exact) mass is 431 g/mol. The average Bonchev–Trinajstić information content (AvgIpc) is 3.23. The Morgan fingerprint density at radius 1 is 1.10 bits per heavy atom. The predicted molar refractivity (Wildman–Crippen MR) is 125 cm³/mol. The lowest BCUT2D eigenvalue weighted by atomic mass is 9.92. The maximum absolute atomic E-state index is 13.7. The van der Waals surface area contributed by atoms with Gasteiger partial charge < -0.3 is 5.32 Å². The number of para-hydroxylation sites is 2. The number of carbonyl (C=O) groups is 2. The van der Waals surface area contributed by atoms with Crippen molar-refractivity contribution in [2.45, 2.75) is 31.8 Å². The molecule has 1 atom stereocenters. The summed E-state index contributed by atoms with van der Waals surface area (Å²) < 4.78 is 0. The van der Waals surface area contributed by atoms with E-state index in [9.17, 15) is 9.59 Å². The third kappa shape index (κ3) is 3.36. The topological polar surface area (TPSA) is 52.7 Å². The third-order valence-corrected chi connectivity index (χ3v) is 7.27. The van der Waals surface area contributed by atoms with Gasteiger partial charge in [-0.1, -0.05) is 42.5 Å². The van der Waals surface area contributed by atoms with E-state index in [1.807, 2.05) is 42.5 Å². The highest BCUT2D eigenvalue weighted by molar-refractivity contribution is 7.10. The van der Waals surface area contributed by atoms with Crippen LogP contribution in [0.5, 0.6) is 0 Å². The first-order chi connectivity index (χ1) is 15.0. The average molecular weight is 432 g/mol. The summed E-state index contributed by atoms with van der Waals surface area (Å²) in [6, 6.07) is 20.1. The van der Waals surface area contributed by atoms with E-state index in [4.69, 9.17) is 0 Å². The molecule has 2 aromatic carbocycles. The molecule has 2 amide bonds. The molecule has 0 saturated heterocycles. The van der Waals surface area contributed by atoms with Crippen molar-refractivity contribution in [3.05, 3.63) is 82.0 Å². The van der Waals surface area contributed by atoms with Gasteiger partial charge in [0.1, 0.15) is 5.54 Å². The Kier molecular flexibility index (Phi) is 4.91. The summed E-state index contributed by atoms with van der Waals surface area (Å²) in [6.07, 6.45) is 0.935. The predicted octanol–water partition coefficient (Wildman–Crippen LogP) is 4.46. The Hall–Kier alpha value is -2.96. The zero-order chi connectivity index (χ0) is 21.6. The third-order valence-electron chi connectivity index (χ3n) is 6.28. The molecule has 2 aliphatic rings. The minimum absolute atomic E-state index is 0.0390. The Bertz CT molecular complexity index is 1140. The first-order valence-corrected chi connectivity index (χ1v) is 11.4. The maximum atomic E-state index is 13.7. The molecule has 0 radical (unpaired) electrons. The van der Waals surface area contributed by atoms with Crippen LogP contribution in [0.15, 0.2) is 66.0 Å². The van der Waals surface area contributed by atoms with Crippen LogP contribution in [0.25, 0.3) is 0 Å². The van der Waals surface area contributed by atoms with Crippen LogP contribution in [0.3, 0.4) is 0 Å². The van der Waals surface area contributed by atoms with Gasteiger partial charge in [-0.2, -0.15) is 0 Å². The molecule has 0 spiro atoms. The highest BCUT2D eigenvalue weighted by atomic mass is 32.1. The van der Waals surface area contributed by atoms with E-state index in [0.717, 1.165) is 18.7 Å². The molecule has 3 aromatic rings. The fourth-order valence-electron chi connectivity index (χ4n) is 4.71. The molecule has 31 heavy (non-hydrogen) atoms. The van der Waals surface area contributed by atoms with Crippen molar-refractivity contribution in [2.24, 2.45) is 0 Å². The molecule has 1 unspecified atom stereocenters. The maximum Gasteiger partial charge on any atom is 0.250 e. The van der Waals surface area contributed by atoms with E-state index in [0.29, 0.717) is 5.69 Å². The fraction of sp³-hybridized carbons (Fsp3) is 0.280. The minimum Gasteiger partial charge on any atom is -0.322 e. The number of fused-ring (bicyclic) bond motifs is 2. The van der Waals surface area contributed by atoms with Gasteiger partial charge in [0, 0.05) is 11.4 Å². The number of anilines is 2. The Morgan fingerprint density at radius 2 is 1.84 bits per heavy atom. The molecule has 0 saturated carbocycles. The number of hydrogen-bond acceptors (Lipinski definition) is 4. The van der Waals surface area contributed by atoms with Crippen molar-refractivity contribution in [1.29, 1.82) is 0 Å². The second-order valence-electron chi connectivity index (χ2n) is 8.59. The number of nitrogens with zero attached hydrogens (tertiary/aromatic N) is 2. The summed E-state index contributed by atoms with van der Waals surface area (Å²) >= 11 is 1.79. The quantitative estimate of drug-likeness (QED) is 0.666. The standard InChI is InChI=1S/C25H25N3O2S/c1-25(2)24(30)26-19-10-6-7-11-20(19)28(25)22(29)16-27-14-12-21-18(13-15-31-21)23(27)17-8-4-3-5-9-17/h3-11,13,15,23H,12,14,16H2,1-2H3,(H,26,30). The number of carbonyl (C=O) groups excluding carboxylic acids is 2. The summed E-state index contributed by atoms with van der Waals surface area (Å²) in [6.45, 7) is 4.66. The van der Waals surface area contributed by atoms with Gasteiger partial charge in [0.05, 0.1) is 24.0 Å². The second kappa shape index (κ2) is 7.62. The van der Waals surface area contributed by atoms with Crippen molar-refractivity contribution in [3.63, 3.8) is 0 Å². The number of amides is 2. The van der Waals surface area contributed by atoms with Crippen molar-refractivity contribution >= 4 is 34.5 Å². The van der Waals surface area contributed by atoms with Crippen LogP contribution in [-0.4, -0.2) is 35.3 Å². The van der Waals surface area contributed by atoms with Crippen molar-refractivity contribution in [2.75, 3.05) is 23.3 Å². The van der Waals surface area contributed by atoms with Gasteiger partial charge in [0.15, 0.2) is 0 Å². The van der Waals surface area contributed by atoms with Crippen LogP contribution >= 0.6 is 11.3 Å². The molecule has 0 aliphatic carbocycles. The Balaban J connectivity index is 1.50. The fourth-order valence-corrected chi connectivity index (χ4v) is 5.61. The zero-order valence-corrected chi connectivity index (χ0v) is 18.5. The van der Waals surface area contributed by atoms with Crippen LogP contribution in [0, 0.1) is 0 Å². The number of nitrogens with one attached hydrogen (secondary N) is 1. The first kappa shape index (κ1) is 20.0. The summed E-state index contributed by atoms with van der Waals surface area (Å²) in [5.74, 6) is -0.232. The van der Waals surface area contributed by atoms with Gasteiger partial charge in [0.2, 0.25) is 11.8 Å². The molecule has 158 valence electrons. The van der Waals surface area contributed by atoms with Gasteiger partial charge in [-0.05, 0) is 55.0 Å². The summed E-state index contributed by atoms with van der Waals surface area (Å²) in [7, 11) is 0. The molecule has 1 aromatic heterocycles. The van der Waals surface area contributed by atoms with Crippen molar-refractivity contribution in [1.82, 2.24) is 4.90 Å². The SMILES string of the molecule is CC1(C)C(=O)Nc2ccccc2N1C(=O)CN1CCc2sccc2C1c1ccccc1. The Labute approximate surface area is 186 Å².